The Balaban J connectivity index is 2.48. The molecule has 0 saturated heterocycles. The quantitative estimate of drug-likeness (QED) is 0.643. The molecule has 0 fully saturated rings. The second-order valence-electron chi connectivity index (χ2n) is 3.28. The monoisotopic (exact) mass is 194 g/mol. The lowest BCUT2D eigenvalue weighted by molar-refractivity contribution is 0.0973. The van der Waals surface area contributed by atoms with Crippen LogP contribution in [-0.2, 0) is 6.42 Å². The van der Waals surface area contributed by atoms with Crippen LogP contribution in [0.4, 0.5) is 0 Å². The Morgan fingerprint density at radius 3 is 2.85 bits per heavy atom. The first-order valence-electron chi connectivity index (χ1n) is 4.35. The number of hydrogen-bond acceptors (Lipinski definition) is 3. The van der Waals surface area contributed by atoms with Crippen LogP contribution in [0, 0.1) is 0 Å². The van der Waals surface area contributed by atoms with Gasteiger partial charge in [-0.05, 0) is 25.8 Å². The number of carbonyl (C=O) groups excluding carboxylic acids is 2. The zero-order chi connectivity index (χ0) is 9.42. The molecule has 0 aromatic carbocycles. The number of thiophene rings is 1. The van der Waals surface area contributed by atoms with E-state index in [2.05, 4.69) is 0 Å². The molecule has 1 aromatic rings. The fourth-order valence-electron chi connectivity index (χ4n) is 1.57. The molecule has 0 radical (unpaired) electrons. The van der Waals surface area contributed by atoms with E-state index in [4.69, 9.17) is 0 Å². The van der Waals surface area contributed by atoms with Gasteiger partial charge in [0.25, 0.3) is 0 Å². The predicted octanol–water partition coefficient (Wildman–Crippen LogP) is 2.47. The van der Waals surface area contributed by atoms with Crippen LogP contribution in [0.2, 0.25) is 0 Å². The lowest BCUT2D eigenvalue weighted by atomic mass is 9.98. The normalized spacial score (nSPS) is 15.6. The van der Waals surface area contributed by atoms with Gasteiger partial charge in [0.15, 0.2) is 11.6 Å². The van der Waals surface area contributed by atoms with Crippen molar-refractivity contribution in [2.45, 2.75) is 26.2 Å². The Labute approximate surface area is 80.6 Å². The number of aryl methyl sites for hydroxylation is 1. The molecular weight excluding hydrogens is 184 g/mol. The Hall–Kier alpha value is -0.960. The van der Waals surface area contributed by atoms with Crippen molar-refractivity contribution in [2.24, 2.45) is 0 Å². The van der Waals surface area contributed by atoms with Crippen molar-refractivity contribution in [2.75, 3.05) is 0 Å². The number of ketones is 2. The topological polar surface area (TPSA) is 34.1 Å². The van der Waals surface area contributed by atoms with E-state index in [1.807, 2.05) is 0 Å². The van der Waals surface area contributed by atoms with Gasteiger partial charge in [-0.15, -0.1) is 11.3 Å². The minimum atomic E-state index is 0.0622. The van der Waals surface area contributed by atoms with Gasteiger partial charge in [-0.2, -0.15) is 0 Å². The van der Waals surface area contributed by atoms with Crippen molar-refractivity contribution in [3.63, 3.8) is 0 Å². The molecule has 1 aliphatic carbocycles. The first-order valence-corrected chi connectivity index (χ1v) is 5.17. The van der Waals surface area contributed by atoms with Crippen LogP contribution in [0.3, 0.4) is 0 Å². The average Bonchev–Trinajstić information content (AvgIpc) is 2.49. The Bertz CT molecular complexity index is 376. The Morgan fingerprint density at radius 2 is 2.23 bits per heavy atom. The summed E-state index contributed by atoms with van der Waals surface area (Å²) in [7, 11) is 0. The van der Waals surface area contributed by atoms with Gasteiger partial charge in [-0.1, -0.05) is 0 Å². The zero-order valence-corrected chi connectivity index (χ0v) is 8.24. The summed E-state index contributed by atoms with van der Waals surface area (Å²) in [6.45, 7) is 1.54. The van der Waals surface area contributed by atoms with Gasteiger partial charge in [0, 0.05) is 16.9 Å². The van der Waals surface area contributed by atoms with Gasteiger partial charge in [0.2, 0.25) is 0 Å². The molecule has 0 spiro atoms. The number of Topliss-reactive ketones (excluding diaryl/α,β-unsaturated/α-hetero) is 2. The molecule has 2 nitrogen and oxygen atoms in total. The van der Waals surface area contributed by atoms with E-state index in [1.165, 1.54) is 11.3 Å². The van der Waals surface area contributed by atoms with Crippen LogP contribution in [0.5, 0.6) is 0 Å². The van der Waals surface area contributed by atoms with E-state index in [0.717, 1.165) is 28.2 Å². The first kappa shape index (κ1) is 8.63. The van der Waals surface area contributed by atoms with Gasteiger partial charge < -0.3 is 0 Å². The lowest BCUT2D eigenvalue weighted by Crippen LogP contribution is -2.06. The maximum Gasteiger partial charge on any atom is 0.169 e. The van der Waals surface area contributed by atoms with E-state index in [9.17, 15) is 9.59 Å². The van der Waals surface area contributed by atoms with Crippen molar-refractivity contribution in [1.29, 1.82) is 0 Å². The van der Waals surface area contributed by atoms with Gasteiger partial charge in [0.05, 0.1) is 4.88 Å². The second kappa shape index (κ2) is 3.07. The molecule has 0 bridgehead atoms. The van der Waals surface area contributed by atoms with Crippen molar-refractivity contribution in [3.8, 4) is 0 Å². The van der Waals surface area contributed by atoms with Crippen LogP contribution in [0.25, 0.3) is 0 Å². The summed E-state index contributed by atoms with van der Waals surface area (Å²) in [6.07, 6.45) is 2.53. The average molecular weight is 194 g/mol. The van der Waals surface area contributed by atoms with E-state index < -0.39 is 0 Å². The van der Waals surface area contributed by atoms with Crippen molar-refractivity contribution < 1.29 is 9.59 Å². The summed E-state index contributed by atoms with van der Waals surface area (Å²) in [6, 6.07) is 1.75. The second-order valence-corrected chi connectivity index (χ2v) is 4.42. The minimum Gasteiger partial charge on any atom is -0.294 e. The summed E-state index contributed by atoms with van der Waals surface area (Å²) in [4.78, 5) is 24.3. The highest BCUT2D eigenvalue weighted by Crippen LogP contribution is 2.29. The molecule has 0 N–H and O–H groups in total. The molecule has 3 heteroatoms. The largest absolute Gasteiger partial charge is 0.294 e. The third kappa shape index (κ3) is 1.44. The highest BCUT2D eigenvalue weighted by Gasteiger charge is 2.21. The van der Waals surface area contributed by atoms with Gasteiger partial charge in [-0.25, -0.2) is 0 Å². The number of rotatable bonds is 1. The molecule has 0 amide bonds. The van der Waals surface area contributed by atoms with Crippen LogP contribution < -0.4 is 0 Å². The van der Waals surface area contributed by atoms with Gasteiger partial charge >= 0.3 is 0 Å². The van der Waals surface area contributed by atoms with Crippen LogP contribution in [-0.4, -0.2) is 11.6 Å². The molecule has 0 unspecified atom stereocenters. The molecule has 2 rings (SSSR count). The number of fused-ring (bicyclic) bond motifs is 1. The maximum atomic E-state index is 11.4. The van der Waals surface area contributed by atoms with E-state index >= 15 is 0 Å². The van der Waals surface area contributed by atoms with Crippen molar-refractivity contribution >= 4 is 22.9 Å². The Kier molecular flexibility index (Phi) is 2.04. The van der Waals surface area contributed by atoms with Gasteiger partial charge in [-0.3, -0.25) is 9.59 Å². The maximum absolute atomic E-state index is 11.4. The highest BCUT2D eigenvalue weighted by molar-refractivity contribution is 7.14. The fraction of sp³-hybridized carbons (Fsp3) is 0.400. The van der Waals surface area contributed by atoms with Gasteiger partial charge in [0.1, 0.15) is 0 Å². The molecule has 1 aliphatic rings. The molecule has 68 valence electrons. The Morgan fingerprint density at radius 1 is 1.46 bits per heavy atom. The summed E-state index contributed by atoms with van der Waals surface area (Å²) >= 11 is 1.48. The molecule has 0 aliphatic heterocycles. The van der Waals surface area contributed by atoms with Crippen molar-refractivity contribution in [1.82, 2.24) is 0 Å². The van der Waals surface area contributed by atoms with Crippen LogP contribution in [0.15, 0.2) is 6.07 Å². The van der Waals surface area contributed by atoms with E-state index in [1.54, 1.807) is 13.0 Å². The first-order chi connectivity index (χ1) is 6.18. The molecule has 1 heterocycles. The standard InChI is InChI=1S/C10H10O2S/c1-6(11)10-5-7-8(12)3-2-4-9(7)13-10/h5H,2-4H2,1H3. The van der Waals surface area contributed by atoms with Crippen molar-refractivity contribution in [3.05, 3.63) is 21.4 Å². The highest BCUT2D eigenvalue weighted by atomic mass is 32.1. The van der Waals surface area contributed by atoms with E-state index in [0.29, 0.717) is 6.42 Å². The minimum absolute atomic E-state index is 0.0622. The SMILES string of the molecule is CC(=O)c1cc2c(s1)CCCC2=O. The smallest absolute Gasteiger partial charge is 0.169 e. The third-order valence-corrected chi connectivity index (χ3v) is 3.56. The molecule has 0 saturated carbocycles. The fourth-order valence-corrected chi connectivity index (χ4v) is 2.68. The zero-order valence-electron chi connectivity index (χ0n) is 7.42. The molecule has 0 atom stereocenters. The summed E-state index contributed by atoms with van der Waals surface area (Å²) < 4.78 is 0. The number of carbonyl (C=O) groups is 2. The van der Waals surface area contributed by atoms with Crippen LogP contribution in [0.1, 0.15) is 44.7 Å². The summed E-state index contributed by atoms with van der Waals surface area (Å²) in [5, 5.41) is 0. The summed E-state index contributed by atoms with van der Waals surface area (Å²) in [5.74, 6) is 0.261. The summed E-state index contributed by atoms with van der Waals surface area (Å²) in [5.41, 5.74) is 0.793. The third-order valence-electron chi connectivity index (χ3n) is 2.26. The number of hydrogen-bond donors (Lipinski definition) is 0. The molecular formula is C10H10O2S. The lowest BCUT2D eigenvalue weighted by Gasteiger charge is -2.07. The predicted molar refractivity (Wildman–Crippen MR) is 51.6 cm³/mol. The molecule has 1 aromatic heterocycles. The van der Waals surface area contributed by atoms with Crippen LogP contribution >= 0.6 is 11.3 Å². The molecule has 13 heavy (non-hydrogen) atoms. The van der Waals surface area contributed by atoms with E-state index in [-0.39, 0.29) is 11.6 Å².